The molecule has 2 radical (unpaired) electrons. The molecule has 0 nitrogen and oxygen atoms in total. The van der Waals surface area contributed by atoms with E-state index in [1.54, 1.807) is 16.7 Å². The lowest BCUT2D eigenvalue weighted by atomic mass is 9.84. The van der Waals surface area contributed by atoms with Gasteiger partial charge in [0.05, 0.1) is 0 Å². The highest BCUT2D eigenvalue weighted by atomic mass is 14.5. The molecule has 0 N–H and O–H groups in total. The summed E-state index contributed by atoms with van der Waals surface area (Å²) >= 11 is 0. The van der Waals surface area contributed by atoms with Crippen LogP contribution in [0.2, 0.25) is 0 Å². The first-order valence-electron chi connectivity index (χ1n) is 9.55. The van der Waals surface area contributed by atoms with E-state index in [4.69, 9.17) is 7.85 Å². The molecular formula is C22H29B. The Balaban J connectivity index is 1.42. The van der Waals surface area contributed by atoms with E-state index in [-0.39, 0.29) is 0 Å². The lowest BCUT2D eigenvalue weighted by molar-refractivity contribution is 0.391. The van der Waals surface area contributed by atoms with Crippen LogP contribution in [0.1, 0.15) is 76.3 Å². The summed E-state index contributed by atoms with van der Waals surface area (Å²) in [5.74, 6) is 2.53. The van der Waals surface area contributed by atoms with Crippen LogP contribution >= 0.6 is 0 Å². The van der Waals surface area contributed by atoms with Gasteiger partial charge in [0.2, 0.25) is 0 Å². The van der Waals surface area contributed by atoms with Gasteiger partial charge in [-0.2, -0.15) is 0 Å². The maximum atomic E-state index is 6.05. The van der Waals surface area contributed by atoms with E-state index in [1.165, 1.54) is 50.5 Å². The van der Waals surface area contributed by atoms with Gasteiger partial charge < -0.3 is 0 Å². The van der Waals surface area contributed by atoms with Gasteiger partial charge in [0.25, 0.3) is 0 Å². The van der Waals surface area contributed by atoms with Crippen molar-refractivity contribution in [3.63, 3.8) is 0 Å². The van der Waals surface area contributed by atoms with Crippen LogP contribution < -0.4 is 5.46 Å². The third-order valence-corrected chi connectivity index (χ3v) is 6.42. The van der Waals surface area contributed by atoms with Gasteiger partial charge in [-0.25, -0.2) is 0 Å². The van der Waals surface area contributed by atoms with Crippen molar-refractivity contribution in [2.45, 2.75) is 71.6 Å². The van der Waals surface area contributed by atoms with E-state index >= 15 is 0 Å². The maximum Gasteiger partial charge on any atom is 0.113 e. The van der Waals surface area contributed by atoms with Crippen molar-refractivity contribution in [1.82, 2.24) is 0 Å². The SMILES string of the molecule is [B]c1ccc(C2CC2)c(CC(C)CC2=C(C(C)(C)C3CC3)C2)c1. The average molecular weight is 304 g/mol. The number of benzene rings is 1. The Kier molecular flexibility index (Phi) is 3.74. The first kappa shape index (κ1) is 15.5. The summed E-state index contributed by atoms with van der Waals surface area (Å²) in [4.78, 5) is 0. The molecule has 0 aliphatic heterocycles. The molecule has 0 aromatic heterocycles. The predicted molar refractivity (Wildman–Crippen MR) is 99.4 cm³/mol. The van der Waals surface area contributed by atoms with Crippen molar-refractivity contribution in [3.05, 3.63) is 40.5 Å². The molecule has 2 saturated carbocycles. The third-order valence-electron chi connectivity index (χ3n) is 6.42. The van der Waals surface area contributed by atoms with Crippen LogP contribution in [0.15, 0.2) is 29.3 Å². The Morgan fingerprint density at radius 1 is 1.13 bits per heavy atom. The molecule has 0 amide bonds. The highest BCUT2D eigenvalue weighted by Crippen LogP contribution is 2.58. The Morgan fingerprint density at radius 3 is 2.52 bits per heavy atom. The Labute approximate surface area is 143 Å². The van der Waals surface area contributed by atoms with Gasteiger partial charge in [-0.1, -0.05) is 55.6 Å². The normalized spacial score (nSPS) is 22.4. The van der Waals surface area contributed by atoms with Crippen molar-refractivity contribution in [3.8, 4) is 0 Å². The van der Waals surface area contributed by atoms with Gasteiger partial charge >= 0.3 is 0 Å². The topological polar surface area (TPSA) is 0 Å². The summed E-state index contributed by atoms with van der Waals surface area (Å²) in [5.41, 5.74) is 8.08. The molecule has 3 aliphatic rings. The van der Waals surface area contributed by atoms with Gasteiger partial charge in [-0.05, 0) is 79.2 Å². The van der Waals surface area contributed by atoms with Gasteiger partial charge in [0.1, 0.15) is 7.85 Å². The second kappa shape index (κ2) is 5.54. The molecule has 3 aliphatic carbocycles. The number of hydrogen-bond acceptors (Lipinski definition) is 0. The fraction of sp³-hybridized carbons (Fsp3) is 0.636. The van der Waals surface area contributed by atoms with E-state index in [2.05, 4.69) is 39.0 Å². The highest BCUT2D eigenvalue weighted by molar-refractivity contribution is 6.32. The molecule has 1 heteroatoms. The molecular weight excluding hydrogens is 275 g/mol. The number of allylic oxidation sites excluding steroid dienone is 2. The van der Waals surface area contributed by atoms with E-state index < -0.39 is 0 Å². The molecule has 0 spiro atoms. The molecule has 0 heterocycles. The van der Waals surface area contributed by atoms with Crippen molar-refractivity contribution in [2.24, 2.45) is 17.3 Å². The summed E-state index contributed by atoms with van der Waals surface area (Å²) in [5, 5.41) is 0. The summed E-state index contributed by atoms with van der Waals surface area (Å²) in [6.45, 7) is 7.37. The smallest absolute Gasteiger partial charge is 0.0964 e. The summed E-state index contributed by atoms with van der Waals surface area (Å²) in [6.07, 6.45) is 9.45. The maximum absolute atomic E-state index is 6.05. The van der Waals surface area contributed by atoms with E-state index in [9.17, 15) is 0 Å². The molecule has 1 unspecified atom stereocenters. The Bertz CT molecular complexity index is 644. The minimum absolute atomic E-state index is 0.491. The fourth-order valence-corrected chi connectivity index (χ4v) is 4.56. The molecule has 1 atom stereocenters. The second-order valence-corrected chi connectivity index (χ2v) is 9.00. The van der Waals surface area contributed by atoms with Crippen LogP contribution in [-0.2, 0) is 6.42 Å². The molecule has 1 aromatic rings. The average Bonchev–Trinajstić information content (AvgIpc) is 3.35. The predicted octanol–water partition coefficient (Wildman–Crippen LogP) is 5.06. The molecule has 1 aromatic carbocycles. The molecule has 4 rings (SSSR count). The largest absolute Gasteiger partial charge is 0.113 e. The zero-order valence-corrected chi connectivity index (χ0v) is 15.0. The standard InChI is InChI=1S/C22H29B/c1-14(11-17-13-21(17)22(2,3)18-6-7-18)10-16-12-19(23)8-9-20(16)15-4-5-15/h8-9,12,14-15,18H,4-7,10-11,13H2,1-3H3. The third kappa shape index (κ3) is 3.30. The molecule has 120 valence electrons. The fourth-order valence-electron chi connectivity index (χ4n) is 4.56. The number of rotatable bonds is 7. The zero-order chi connectivity index (χ0) is 16.2. The van der Waals surface area contributed by atoms with E-state index in [0.717, 1.165) is 23.2 Å². The summed E-state index contributed by atoms with van der Waals surface area (Å²) in [7, 11) is 6.05. The first-order valence-corrected chi connectivity index (χ1v) is 9.55. The van der Waals surface area contributed by atoms with E-state index in [1.807, 2.05) is 0 Å². The minimum Gasteiger partial charge on any atom is -0.0964 e. The monoisotopic (exact) mass is 304 g/mol. The molecule has 0 bridgehead atoms. The van der Waals surface area contributed by atoms with Crippen LogP contribution in [0.4, 0.5) is 0 Å². The zero-order valence-electron chi connectivity index (χ0n) is 15.0. The summed E-state index contributed by atoms with van der Waals surface area (Å²) < 4.78 is 0. The Hall–Kier alpha value is -0.975. The molecule has 0 saturated heterocycles. The lowest BCUT2D eigenvalue weighted by Gasteiger charge is -2.21. The highest BCUT2D eigenvalue weighted by Gasteiger charge is 2.45. The minimum atomic E-state index is 0.491. The van der Waals surface area contributed by atoms with Crippen LogP contribution in [-0.4, -0.2) is 7.85 Å². The number of hydrogen-bond donors (Lipinski definition) is 0. The van der Waals surface area contributed by atoms with Gasteiger partial charge in [-0.3, -0.25) is 0 Å². The van der Waals surface area contributed by atoms with Crippen molar-refractivity contribution in [1.29, 1.82) is 0 Å². The quantitative estimate of drug-likeness (QED) is 0.488. The summed E-state index contributed by atoms with van der Waals surface area (Å²) in [6, 6.07) is 6.61. The van der Waals surface area contributed by atoms with Gasteiger partial charge in [-0.15, -0.1) is 0 Å². The van der Waals surface area contributed by atoms with Crippen molar-refractivity contribution in [2.75, 3.05) is 0 Å². The van der Waals surface area contributed by atoms with Crippen LogP contribution in [0.25, 0.3) is 0 Å². The Morgan fingerprint density at radius 2 is 1.87 bits per heavy atom. The van der Waals surface area contributed by atoms with Gasteiger partial charge in [0.15, 0.2) is 0 Å². The van der Waals surface area contributed by atoms with Crippen LogP contribution in [0.5, 0.6) is 0 Å². The van der Waals surface area contributed by atoms with Crippen LogP contribution in [0.3, 0.4) is 0 Å². The van der Waals surface area contributed by atoms with Crippen LogP contribution in [0, 0.1) is 17.3 Å². The van der Waals surface area contributed by atoms with Crippen molar-refractivity contribution >= 4 is 13.3 Å². The first-order chi connectivity index (χ1) is 10.9. The molecule has 23 heavy (non-hydrogen) atoms. The van der Waals surface area contributed by atoms with Crippen molar-refractivity contribution < 1.29 is 0 Å². The lowest BCUT2D eigenvalue weighted by Crippen LogP contribution is -2.12. The van der Waals surface area contributed by atoms with E-state index in [0.29, 0.717) is 5.41 Å². The second-order valence-electron chi connectivity index (χ2n) is 9.00. The molecule has 2 fully saturated rings. The van der Waals surface area contributed by atoms with Gasteiger partial charge in [0, 0.05) is 0 Å².